The molecule has 16 heavy (non-hydrogen) atoms. The average Bonchev–Trinajstić information content (AvgIpc) is 2.55. The normalized spacial score (nSPS) is 22.9. The first kappa shape index (κ1) is 11.6. The third-order valence-electron chi connectivity index (χ3n) is 2.89. The second-order valence-corrected chi connectivity index (χ2v) is 4.25. The maximum Gasteiger partial charge on any atom is 0.0932 e. The lowest BCUT2D eigenvalue weighted by atomic mass is 10.2. The maximum atomic E-state index is 9.15. The first-order valence-corrected chi connectivity index (χ1v) is 5.87. The summed E-state index contributed by atoms with van der Waals surface area (Å²) in [6.07, 6.45) is 1.02. The van der Waals surface area contributed by atoms with Gasteiger partial charge in [-0.05, 0) is 12.0 Å². The highest BCUT2D eigenvalue weighted by Gasteiger charge is 2.17. The molecule has 1 atom stereocenters. The summed E-state index contributed by atoms with van der Waals surface area (Å²) in [7, 11) is 0. The molecule has 1 fully saturated rings. The van der Waals surface area contributed by atoms with Crippen LogP contribution in [0.3, 0.4) is 0 Å². The molecule has 0 amide bonds. The van der Waals surface area contributed by atoms with Crippen molar-refractivity contribution in [1.29, 1.82) is 0 Å². The quantitative estimate of drug-likeness (QED) is 0.834. The molecule has 0 bridgehead atoms. The fourth-order valence-corrected chi connectivity index (χ4v) is 2.07. The van der Waals surface area contributed by atoms with Crippen molar-refractivity contribution in [1.82, 2.24) is 4.90 Å². The molecule has 0 radical (unpaired) electrons. The topological polar surface area (TPSA) is 32.7 Å². The molecule has 1 aliphatic heterocycles. The predicted molar refractivity (Wildman–Crippen MR) is 63.2 cm³/mol. The van der Waals surface area contributed by atoms with Crippen molar-refractivity contribution in [2.75, 3.05) is 26.3 Å². The molecule has 3 heteroatoms. The predicted octanol–water partition coefficient (Wildman–Crippen LogP) is 1.27. The van der Waals surface area contributed by atoms with Gasteiger partial charge < -0.3 is 9.84 Å². The standard InChI is InChI=1S/C13H19NO2/c15-11-13-10-14(7-4-8-16-13)9-12-5-2-1-3-6-12/h1-3,5-6,13,15H,4,7-11H2. The molecule has 88 valence electrons. The van der Waals surface area contributed by atoms with Crippen LogP contribution in [0.1, 0.15) is 12.0 Å². The Morgan fingerprint density at radius 2 is 2.12 bits per heavy atom. The summed E-state index contributed by atoms with van der Waals surface area (Å²) in [6, 6.07) is 10.4. The van der Waals surface area contributed by atoms with E-state index < -0.39 is 0 Å². The van der Waals surface area contributed by atoms with Crippen LogP contribution < -0.4 is 0 Å². The fraction of sp³-hybridized carbons (Fsp3) is 0.538. The largest absolute Gasteiger partial charge is 0.394 e. The van der Waals surface area contributed by atoms with Gasteiger partial charge in [0.1, 0.15) is 0 Å². The van der Waals surface area contributed by atoms with Crippen LogP contribution in [0.5, 0.6) is 0 Å². The van der Waals surface area contributed by atoms with Gasteiger partial charge >= 0.3 is 0 Å². The molecule has 1 heterocycles. The first-order chi connectivity index (χ1) is 7.88. The van der Waals surface area contributed by atoms with E-state index in [1.165, 1.54) is 5.56 Å². The fourth-order valence-electron chi connectivity index (χ4n) is 2.07. The second kappa shape index (κ2) is 5.99. The van der Waals surface area contributed by atoms with Crippen molar-refractivity contribution in [2.24, 2.45) is 0 Å². The Balaban J connectivity index is 1.93. The van der Waals surface area contributed by atoms with Gasteiger partial charge in [-0.3, -0.25) is 4.90 Å². The first-order valence-electron chi connectivity index (χ1n) is 5.87. The van der Waals surface area contributed by atoms with Crippen LogP contribution in [0.25, 0.3) is 0 Å². The van der Waals surface area contributed by atoms with Crippen molar-refractivity contribution < 1.29 is 9.84 Å². The summed E-state index contributed by atoms with van der Waals surface area (Å²) in [6.45, 7) is 3.69. The van der Waals surface area contributed by atoms with Crippen LogP contribution in [0, 0.1) is 0 Å². The molecular formula is C13H19NO2. The second-order valence-electron chi connectivity index (χ2n) is 4.25. The zero-order chi connectivity index (χ0) is 11.2. The van der Waals surface area contributed by atoms with Crippen LogP contribution in [0.2, 0.25) is 0 Å². The summed E-state index contributed by atoms with van der Waals surface area (Å²) in [4.78, 5) is 2.35. The van der Waals surface area contributed by atoms with Gasteiger partial charge in [0.15, 0.2) is 0 Å². The lowest BCUT2D eigenvalue weighted by molar-refractivity contribution is 0.0129. The zero-order valence-electron chi connectivity index (χ0n) is 9.51. The van der Waals surface area contributed by atoms with E-state index in [0.29, 0.717) is 0 Å². The number of hydrogen-bond donors (Lipinski definition) is 1. The van der Waals surface area contributed by atoms with Gasteiger partial charge in [-0.1, -0.05) is 30.3 Å². The highest BCUT2D eigenvalue weighted by atomic mass is 16.5. The number of hydrogen-bond acceptors (Lipinski definition) is 3. The monoisotopic (exact) mass is 221 g/mol. The van der Waals surface area contributed by atoms with Crippen molar-refractivity contribution >= 4 is 0 Å². The minimum atomic E-state index is -0.0220. The van der Waals surface area contributed by atoms with E-state index in [0.717, 1.165) is 32.7 Å². The zero-order valence-corrected chi connectivity index (χ0v) is 9.51. The molecular weight excluding hydrogens is 202 g/mol. The summed E-state index contributed by atoms with van der Waals surface area (Å²) < 4.78 is 5.53. The number of aliphatic hydroxyl groups excluding tert-OH is 1. The Hall–Kier alpha value is -0.900. The average molecular weight is 221 g/mol. The van der Waals surface area contributed by atoms with Gasteiger partial charge in [0.05, 0.1) is 12.7 Å². The Morgan fingerprint density at radius 3 is 2.88 bits per heavy atom. The Labute approximate surface area is 96.6 Å². The number of rotatable bonds is 3. The summed E-state index contributed by atoms with van der Waals surface area (Å²) >= 11 is 0. The van der Waals surface area contributed by atoms with Crippen LogP contribution in [-0.2, 0) is 11.3 Å². The SMILES string of the molecule is OCC1CN(Cc2ccccc2)CCCO1. The highest BCUT2D eigenvalue weighted by Crippen LogP contribution is 2.10. The van der Waals surface area contributed by atoms with Crippen LogP contribution in [-0.4, -0.2) is 42.4 Å². The molecule has 1 aromatic carbocycles. The van der Waals surface area contributed by atoms with Crippen molar-refractivity contribution in [2.45, 2.75) is 19.1 Å². The minimum absolute atomic E-state index is 0.0220. The van der Waals surface area contributed by atoms with E-state index in [9.17, 15) is 0 Å². The molecule has 3 nitrogen and oxygen atoms in total. The number of ether oxygens (including phenoxy) is 1. The van der Waals surface area contributed by atoms with Crippen LogP contribution in [0.15, 0.2) is 30.3 Å². The van der Waals surface area contributed by atoms with Gasteiger partial charge in [0.2, 0.25) is 0 Å². The van der Waals surface area contributed by atoms with E-state index in [2.05, 4.69) is 29.2 Å². The summed E-state index contributed by atoms with van der Waals surface area (Å²) in [5.41, 5.74) is 1.32. The Bertz CT molecular complexity index is 302. The molecule has 1 N–H and O–H groups in total. The molecule has 1 aliphatic rings. The van der Waals surface area contributed by atoms with Crippen molar-refractivity contribution in [3.63, 3.8) is 0 Å². The van der Waals surface area contributed by atoms with Crippen LogP contribution in [0.4, 0.5) is 0 Å². The third kappa shape index (κ3) is 3.30. The molecule has 0 aliphatic carbocycles. The van der Waals surface area contributed by atoms with Gasteiger partial charge in [0.25, 0.3) is 0 Å². The van der Waals surface area contributed by atoms with E-state index in [1.54, 1.807) is 0 Å². The maximum absolute atomic E-state index is 9.15. The minimum Gasteiger partial charge on any atom is -0.394 e. The van der Waals surface area contributed by atoms with Gasteiger partial charge in [0, 0.05) is 26.2 Å². The van der Waals surface area contributed by atoms with E-state index in [-0.39, 0.29) is 12.7 Å². The molecule has 0 saturated carbocycles. The third-order valence-corrected chi connectivity index (χ3v) is 2.89. The van der Waals surface area contributed by atoms with Crippen LogP contribution >= 0.6 is 0 Å². The summed E-state index contributed by atoms with van der Waals surface area (Å²) in [5, 5.41) is 9.15. The molecule has 0 spiro atoms. The van der Waals surface area contributed by atoms with Gasteiger partial charge in [-0.2, -0.15) is 0 Å². The number of aliphatic hydroxyl groups is 1. The molecule has 2 rings (SSSR count). The van der Waals surface area contributed by atoms with E-state index in [4.69, 9.17) is 9.84 Å². The smallest absolute Gasteiger partial charge is 0.0932 e. The van der Waals surface area contributed by atoms with E-state index in [1.807, 2.05) is 6.07 Å². The summed E-state index contributed by atoms with van der Waals surface area (Å²) in [5.74, 6) is 0. The Kier molecular flexibility index (Phi) is 4.34. The molecule has 1 saturated heterocycles. The molecule has 1 aromatic rings. The van der Waals surface area contributed by atoms with Crippen molar-refractivity contribution in [3.05, 3.63) is 35.9 Å². The highest BCUT2D eigenvalue weighted by molar-refractivity contribution is 5.14. The van der Waals surface area contributed by atoms with Gasteiger partial charge in [-0.15, -0.1) is 0 Å². The number of nitrogens with zero attached hydrogens (tertiary/aromatic N) is 1. The van der Waals surface area contributed by atoms with E-state index >= 15 is 0 Å². The van der Waals surface area contributed by atoms with Crippen molar-refractivity contribution in [3.8, 4) is 0 Å². The lowest BCUT2D eigenvalue weighted by Crippen LogP contribution is -2.33. The molecule has 0 aromatic heterocycles. The molecule has 1 unspecified atom stereocenters. The Morgan fingerprint density at radius 1 is 1.31 bits per heavy atom. The lowest BCUT2D eigenvalue weighted by Gasteiger charge is -2.22. The van der Waals surface area contributed by atoms with Gasteiger partial charge in [-0.25, -0.2) is 0 Å². The number of benzene rings is 1.